The smallest absolute Gasteiger partial charge is 0.270 e. The van der Waals surface area contributed by atoms with E-state index in [2.05, 4.69) is 203 Å². The number of hydrogen-bond donors (Lipinski definition) is 1. The molecule has 0 aromatic heterocycles. The Hall–Kier alpha value is -3.75. The summed E-state index contributed by atoms with van der Waals surface area (Å²) < 4.78 is 37.9. The van der Waals surface area contributed by atoms with Gasteiger partial charge >= 0.3 is 0 Å². The number of aliphatic hydroxyl groups is 1. The number of methoxy groups -OCH3 is 1. The average Bonchev–Trinajstić information content (AvgIpc) is 0.833. The monoisotopic (exact) mass is 1600 g/mol. The molecule has 10 rings (SSSR count). The summed E-state index contributed by atoms with van der Waals surface area (Å²) in [7, 11) is 3.97. The number of ether oxygens (including phenoxy) is 2. The van der Waals surface area contributed by atoms with Gasteiger partial charge in [-0.2, -0.15) is 0 Å². The Labute approximate surface area is 697 Å². The van der Waals surface area contributed by atoms with Crippen molar-refractivity contribution in [2.24, 2.45) is 29.1 Å². The molecule has 13 heteroatoms. The Morgan fingerprint density at radius 1 is 0.411 bits per heavy atom. The number of nitrogens with zero attached hydrogens (tertiary/aromatic N) is 5. The second-order valence-corrected chi connectivity index (χ2v) is 40.0. The Morgan fingerprint density at radius 2 is 0.705 bits per heavy atom. The molecule has 4 unspecified atom stereocenters. The number of benzene rings is 4. The van der Waals surface area contributed by atoms with Crippen LogP contribution >= 0.6 is 34.8 Å². The topological polar surface area (TPSA) is 54.9 Å². The van der Waals surface area contributed by atoms with Crippen molar-refractivity contribution in [1.82, 2.24) is 24.5 Å². The lowest BCUT2D eigenvalue weighted by molar-refractivity contribution is 0.0174. The quantitative estimate of drug-likeness (QED) is 0.0426. The van der Waals surface area contributed by atoms with Crippen LogP contribution in [0.5, 0.6) is 0 Å². The highest BCUT2D eigenvalue weighted by Crippen LogP contribution is 2.46. The van der Waals surface area contributed by atoms with Crippen molar-refractivity contribution in [2.75, 3.05) is 106 Å². The van der Waals surface area contributed by atoms with Gasteiger partial charge in [-0.15, -0.1) is 0 Å². The first-order chi connectivity index (χ1) is 52.9. The van der Waals surface area contributed by atoms with Gasteiger partial charge < -0.3 is 19.5 Å². The Morgan fingerprint density at radius 3 is 1.02 bits per heavy atom. The van der Waals surface area contributed by atoms with E-state index in [0.29, 0.717) is 55.3 Å². The summed E-state index contributed by atoms with van der Waals surface area (Å²) >= 11 is 18.3. The first-order valence-corrected chi connectivity index (χ1v) is 44.7. The van der Waals surface area contributed by atoms with E-state index in [0.717, 1.165) is 123 Å². The summed E-state index contributed by atoms with van der Waals surface area (Å²) in [4.78, 5) is 13.2. The van der Waals surface area contributed by atoms with Crippen molar-refractivity contribution in [1.29, 1.82) is 0 Å². The zero-order valence-electron chi connectivity index (χ0n) is 73.6. The minimum absolute atomic E-state index is 0.0752. The highest BCUT2D eigenvalue weighted by atomic mass is 35.5. The van der Waals surface area contributed by atoms with Gasteiger partial charge in [0.2, 0.25) is 0 Å². The van der Waals surface area contributed by atoms with Crippen LogP contribution in [0.15, 0.2) is 144 Å². The molecule has 0 bridgehead atoms. The fraction of sp³-hybridized carbons (Fsp3) is 0.677. The molecule has 4 aromatic rings. The minimum Gasteiger partial charge on any atom is -0.396 e. The van der Waals surface area contributed by atoms with E-state index in [4.69, 9.17) is 44.3 Å². The fourth-order valence-corrected chi connectivity index (χ4v) is 19.5. The number of rotatable bonds is 29. The van der Waals surface area contributed by atoms with Gasteiger partial charge in [-0.3, -0.25) is 19.6 Å². The van der Waals surface area contributed by atoms with E-state index in [1.807, 2.05) is 48.5 Å². The molecular formula is C99H154Cl3F2N5O3. The van der Waals surface area contributed by atoms with Gasteiger partial charge in [0.05, 0.1) is 13.2 Å². The second-order valence-electron chi connectivity index (χ2n) is 38.7. The first kappa shape index (κ1) is 95.4. The zero-order chi connectivity index (χ0) is 82.0. The molecule has 8 nitrogen and oxygen atoms in total. The van der Waals surface area contributed by atoms with Crippen LogP contribution in [0.4, 0.5) is 8.78 Å². The number of alkyl halides is 2. The standard InChI is InChI=1S/C27H43F2NO2.C26H41ClN2.C25H38ClN.C21H32ClNO/c1-21(2)19-25(30-14-11-22(12-15-30)13-16-32-18-17-31-6)20-26(3,4)23-7-9-24(10-8-23)27(5,28)29;1-20(2)18-25(19-26(3,4)23-6-8-24(27)9-7-23)29-16-12-22(13-17-29)21-10-14-28(5)15-11-21;1-20(2)18-23(19-24(3,4)21-8-10-22(26)11-9-21)27-16-14-25(15-17-27)12-6-5-7-13-25;1-16(2)13-20(23-11-9-17(15-24)10-12-23)14-21(3,4)18-5-7-19(22)8-6-18/h7-10,19,22,25H,11-18,20H2,1-6H3;6-9,18,21-22,25H,10-17,19H2,1-5H3;8-11,18,23H,5-7,12-17,19H2,1-4H3;5-8,13,17,20,24H,9-12,14-15H2,1-4H3. The third kappa shape index (κ3) is 31.5. The van der Waals surface area contributed by atoms with Crippen molar-refractivity contribution in [3.8, 4) is 0 Å². The molecule has 628 valence electrons. The third-order valence-electron chi connectivity index (χ3n) is 26.3. The molecular weight excluding hydrogens is 1450 g/mol. The molecule has 5 aliphatic heterocycles. The maximum Gasteiger partial charge on any atom is 0.270 e. The summed E-state index contributed by atoms with van der Waals surface area (Å²) in [5, 5.41) is 11.8. The van der Waals surface area contributed by atoms with Crippen LogP contribution in [-0.2, 0) is 37.1 Å². The average molecular weight is 1610 g/mol. The maximum absolute atomic E-state index is 13.6. The largest absolute Gasteiger partial charge is 0.396 e. The van der Waals surface area contributed by atoms with E-state index in [1.165, 1.54) is 162 Å². The maximum atomic E-state index is 13.6. The highest BCUT2D eigenvalue weighted by molar-refractivity contribution is 6.31. The lowest BCUT2D eigenvalue weighted by Crippen LogP contribution is -2.47. The predicted octanol–water partition coefficient (Wildman–Crippen LogP) is 25.4. The molecule has 4 aromatic carbocycles. The SMILES string of the molecule is CC(C)=CC(CC(C)(C)c1ccc(Cl)cc1)N1CCC(C2CCN(C)CC2)CC1.CC(C)=CC(CC(C)(C)c1ccc(Cl)cc1)N1CCC(CO)CC1.CC(C)=CC(CC(C)(C)c1ccc(Cl)cc1)N1CCC2(CCCCC2)CC1.COCCOCCC1CCN(C(C=C(C)C)CC(C)(C)c2ccc(C(C)(F)F)cc2)CC1. The van der Waals surface area contributed by atoms with Crippen LogP contribution in [0, 0.1) is 29.1 Å². The van der Waals surface area contributed by atoms with Crippen molar-refractivity contribution in [3.05, 3.63) is 187 Å². The summed E-state index contributed by atoms with van der Waals surface area (Å²) in [6, 6.07) is 34.0. The van der Waals surface area contributed by atoms with Crippen LogP contribution in [0.3, 0.4) is 0 Å². The molecule has 1 saturated carbocycles. The minimum atomic E-state index is -2.80. The summed E-state index contributed by atoms with van der Waals surface area (Å²) in [6.45, 7) is 51.7. The molecule has 1 aliphatic carbocycles. The predicted molar refractivity (Wildman–Crippen MR) is 478 cm³/mol. The van der Waals surface area contributed by atoms with E-state index in [-0.39, 0.29) is 27.2 Å². The van der Waals surface area contributed by atoms with E-state index in [1.54, 1.807) is 19.2 Å². The van der Waals surface area contributed by atoms with Crippen LogP contribution in [0.25, 0.3) is 0 Å². The number of allylic oxidation sites excluding steroid dienone is 4. The van der Waals surface area contributed by atoms with Crippen LogP contribution in [0.2, 0.25) is 15.1 Å². The molecule has 5 heterocycles. The van der Waals surface area contributed by atoms with E-state index < -0.39 is 5.92 Å². The van der Waals surface area contributed by atoms with Gasteiger partial charge in [0.15, 0.2) is 0 Å². The number of hydrogen-bond acceptors (Lipinski definition) is 8. The lowest BCUT2D eigenvalue weighted by atomic mass is 9.67. The molecule has 1 N–H and O–H groups in total. The number of likely N-dealkylation sites (tertiary alicyclic amines) is 5. The van der Waals surface area contributed by atoms with Gasteiger partial charge in [-0.05, 0) is 346 Å². The van der Waals surface area contributed by atoms with Gasteiger partial charge in [0.25, 0.3) is 5.92 Å². The molecule has 4 atom stereocenters. The highest BCUT2D eigenvalue weighted by Gasteiger charge is 2.40. The van der Waals surface area contributed by atoms with Crippen molar-refractivity contribution in [3.63, 3.8) is 0 Å². The van der Waals surface area contributed by atoms with Gasteiger partial charge in [0.1, 0.15) is 0 Å². The molecule has 6 aliphatic rings. The Kier molecular flexibility index (Phi) is 38.7. The lowest BCUT2D eigenvalue weighted by Gasteiger charge is -2.47. The van der Waals surface area contributed by atoms with E-state index in [9.17, 15) is 13.9 Å². The Balaban J connectivity index is 0.000000208. The van der Waals surface area contributed by atoms with Crippen molar-refractivity contribution in [2.45, 2.75) is 298 Å². The van der Waals surface area contributed by atoms with E-state index >= 15 is 0 Å². The molecule has 0 amide bonds. The van der Waals surface area contributed by atoms with Crippen LogP contribution in [0.1, 0.15) is 274 Å². The van der Waals surface area contributed by atoms with Gasteiger partial charge in [-0.1, -0.05) is 217 Å². The number of halogens is 5. The first-order valence-electron chi connectivity index (χ1n) is 43.6. The number of piperidine rings is 5. The molecule has 112 heavy (non-hydrogen) atoms. The van der Waals surface area contributed by atoms with Crippen molar-refractivity contribution >= 4 is 34.8 Å². The van der Waals surface area contributed by atoms with Crippen LogP contribution in [-0.4, -0.2) is 160 Å². The third-order valence-corrected chi connectivity index (χ3v) is 27.1. The molecule has 6 fully saturated rings. The number of aliphatic hydroxyl groups excluding tert-OH is 1. The normalized spacial score (nSPS) is 19.8. The molecule has 5 saturated heterocycles. The second kappa shape index (κ2) is 45.4. The van der Waals surface area contributed by atoms with Crippen LogP contribution < -0.4 is 0 Å². The zero-order valence-corrected chi connectivity index (χ0v) is 75.9. The van der Waals surface area contributed by atoms with Crippen molar-refractivity contribution < 1.29 is 23.4 Å². The summed E-state index contributed by atoms with van der Waals surface area (Å²) in [5.74, 6) is 0.305. The fourth-order valence-electron chi connectivity index (χ4n) is 19.1. The Bertz CT molecular complexity index is 3440. The van der Waals surface area contributed by atoms with Gasteiger partial charge in [0, 0.05) is 72.0 Å². The molecule has 1 spiro atoms. The summed E-state index contributed by atoms with van der Waals surface area (Å²) in [6.07, 6.45) is 35.6. The van der Waals surface area contributed by atoms with Gasteiger partial charge in [-0.25, -0.2) is 8.78 Å². The summed E-state index contributed by atoms with van der Waals surface area (Å²) in [5.41, 5.74) is 11.8. The molecule has 0 radical (unpaired) electrons.